The van der Waals surface area contributed by atoms with Crippen molar-refractivity contribution in [2.24, 2.45) is 0 Å². The Morgan fingerprint density at radius 1 is 0.957 bits per heavy atom. The van der Waals surface area contributed by atoms with Crippen molar-refractivity contribution in [2.45, 2.75) is 63.2 Å². The van der Waals surface area contributed by atoms with Crippen LogP contribution in [0.1, 0.15) is 67.4 Å². The van der Waals surface area contributed by atoms with Gasteiger partial charge in [0.25, 0.3) is 5.56 Å². The third kappa shape index (κ3) is 8.70. The molecular weight excluding hydrogens is 628 g/mol. The fraction of sp³-hybridized carbons (Fsp3) is 0.361. The van der Waals surface area contributed by atoms with Gasteiger partial charge in [0.05, 0.1) is 16.5 Å². The molecule has 0 aliphatic heterocycles. The number of amides is 1. The molecule has 0 N–H and O–H groups in total. The summed E-state index contributed by atoms with van der Waals surface area (Å²) >= 11 is 0.493. The lowest BCUT2D eigenvalue weighted by Gasteiger charge is -2.28. The highest BCUT2D eigenvalue weighted by atomic mass is 32.2. The number of thioether (sulfide) groups is 1. The number of benzene rings is 3. The summed E-state index contributed by atoms with van der Waals surface area (Å²) in [5.74, 6) is -3.79. The van der Waals surface area contributed by atoms with E-state index in [1.807, 2.05) is 0 Å². The highest BCUT2D eigenvalue weighted by molar-refractivity contribution is 7.98. The number of carbonyl (C=O) groups is 1. The maximum absolute atomic E-state index is 14.9. The first-order valence-corrected chi connectivity index (χ1v) is 15.3. The van der Waals surface area contributed by atoms with Gasteiger partial charge in [0, 0.05) is 44.8 Å². The van der Waals surface area contributed by atoms with E-state index in [1.165, 1.54) is 36.4 Å². The minimum absolute atomic E-state index is 0.000310. The van der Waals surface area contributed by atoms with E-state index in [0.29, 0.717) is 27.5 Å². The van der Waals surface area contributed by atoms with Gasteiger partial charge in [-0.25, -0.2) is 4.39 Å². The summed E-state index contributed by atoms with van der Waals surface area (Å²) in [5.41, 5.74) is -1.42. The zero-order valence-electron chi connectivity index (χ0n) is 39.2. The van der Waals surface area contributed by atoms with Gasteiger partial charge < -0.3 is 14.4 Å². The number of fused-ring (bicyclic) bond motifs is 1. The van der Waals surface area contributed by atoms with E-state index in [1.54, 1.807) is 0 Å². The van der Waals surface area contributed by atoms with Crippen LogP contribution in [0.4, 0.5) is 17.6 Å². The Hall–Kier alpha value is -3.96. The maximum Gasteiger partial charge on any atom is 0.416 e. The van der Waals surface area contributed by atoms with Crippen LogP contribution >= 0.6 is 11.8 Å². The SMILES string of the molecule is [2H]c1c([2H])c(CSc2nc(=O)c3c(n2C([2H])([2H])C(=O)N(Cc2ccc(-c4ccc(C(F)(F)F)cc4)cc2)C([2H])([2H])C([2H])([2H])N(C([2H])([2H])C)C([2H])([2H])C)CCC3)c([2H])c([2H])c1F. The second-order valence-electron chi connectivity index (χ2n) is 10.2. The Morgan fingerprint density at radius 3 is 2.21 bits per heavy atom. The second-order valence-corrected chi connectivity index (χ2v) is 11.1. The van der Waals surface area contributed by atoms with Gasteiger partial charge in [-0.3, -0.25) is 9.59 Å². The van der Waals surface area contributed by atoms with Crippen molar-refractivity contribution < 1.29 is 41.5 Å². The first-order chi connectivity index (χ1) is 27.8. The zero-order valence-corrected chi connectivity index (χ0v) is 26.0. The smallest absolute Gasteiger partial charge is 0.336 e. The highest BCUT2D eigenvalue weighted by Crippen LogP contribution is 2.31. The van der Waals surface area contributed by atoms with E-state index >= 15 is 0 Å². The van der Waals surface area contributed by atoms with Crippen molar-refractivity contribution in [3.8, 4) is 11.1 Å². The number of aromatic nitrogens is 2. The molecule has 4 aromatic rings. The average Bonchev–Trinajstić information content (AvgIpc) is 3.64. The highest BCUT2D eigenvalue weighted by Gasteiger charge is 2.30. The number of hydrogen-bond acceptors (Lipinski definition) is 5. The molecule has 1 heterocycles. The van der Waals surface area contributed by atoms with Crippen LogP contribution in [0.5, 0.6) is 0 Å². The summed E-state index contributed by atoms with van der Waals surface area (Å²) in [6, 6.07) is 6.00. The molecule has 1 amide bonds. The van der Waals surface area contributed by atoms with Crippen LogP contribution in [0.25, 0.3) is 11.1 Å². The monoisotopic (exact) mass is 680 g/mol. The molecular formula is C36H38F4N4O2S. The van der Waals surface area contributed by atoms with Crippen LogP contribution in [0.2, 0.25) is 0 Å². The zero-order chi connectivity index (χ0) is 46.0. The lowest BCUT2D eigenvalue weighted by atomic mass is 10.0. The molecule has 0 fully saturated rings. The second kappa shape index (κ2) is 15.3. The van der Waals surface area contributed by atoms with Crippen LogP contribution < -0.4 is 5.56 Å². The molecule has 0 saturated carbocycles. The number of halogens is 4. The molecule has 0 bridgehead atoms. The predicted molar refractivity (Wildman–Crippen MR) is 177 cm³/mol. The number of rotatable bonds is 13. The Kier molecular flexibility index (Phi) is 6.64. The summed E-state index contributed by atoms with van der Waals surface area (Å²) in [5, 5.41) is -0.550. The molecule has 1 aromatic heterocycles. The van der Waals surface area contributed by atoms with Gasteiger partial charge in [-0.2, -0.15) is 18.2 Å². The van der Waals surface area contributed by atoms with Gasteiger partial charge in [0.2, 0.25) is 5.91 Å². The van der Waals surface area contributed by atoms with Crippen LogP contribution in [0.15, 0.2) is 82.7 Å². The summed E-state index contributed by atoms with van der Waals surface area (Å²) in [6.07, 6.45) is -4.23. The summed E-state index contributed by atoms with van der Waals surface area (Å²) in [6.45, 7) is -16.4. The Balaban J connectivity index is 1.66. The Labute approximate surface area is 296 Å². The molecule has 248 valence electrons. The number of carbonyl (C=O) groups excluding carboxylic acids is 1. The number of nitrogens with zero attached hydrogens (tertiary/aromatic N) is 4. The lowest BCUT2D eigenvalue weighted by Crippen LogP contribution is -2.40. The normalized spacial score (nSPS) is 18.7. The van der Waals surface area contributed by atoms with E-state index in [2.05, 4.69) is 4.98 Å². The molecule has 11 heteroatoms. The summed E-state index contributed by atoms with van der Waals surface area (Å²) in [7, 11) is 0. The first-order valence-electron chi connectivity index (χ1n) is 21.3. The van der Waals surface area contributed by atoms with Crippen LogP contribution in [0.3, 0.4) is 0 Å². The number of likely N-dealkylation sites (N-methyl/N-ethyl adjacent to an activating group) is 1. The average molecular weight is 681 g/mol. The molecule has 1 aliphatic carbocycles. The molecule has 47 heavy (non-hydrogen) atoms. The molecule has 5 rings (SSSR count). The van der Waals surface area contributed by atoms with Crippen LogP contribution in [-0.2, 0) is 42.6 Å². The molecule has 3 aromatic carbocycles. The number of alkyl halides is 3. The fourth-order valence-electron chi connectivity index (χ4n) is 4.76. The molecule has 0 unspecified atom stereocenters. The Bertz CT molecular complexity index is 2350. The fourth-order valence-corrected chi connectivity index (χ4v) is 5.61. The summed E-state index contributed by atoms with van der Waals surface area (Å²) in [4.78, 5) is 32.1. The van der Waals surface area contributed by atoms with E-state index in [-0.39, 0.29) is 51.4 Å². The predicted octanol–water partition coefficient (Wildman–Crippen LogP) is 7.22. The molecule has 1 aliphatic rings. The minimum atomic E-state index is -4.60. The molecule has 0 radical (unpaired) electrons. The summed E-state index contributed by atoms with van der Waals surface area (Å²) < 4.78 is 175. The van der Waals surface area contributed by atoms with Crippen LogP contribution in [0, 0.1) is 5.82 Å². The maximum atomic E-state index is 14.9. The molecule has 0 atom stereocenters. The third-order valence-corrected chi connectivity index (χ3v) is 8.10. The van der Waals surface area contributed by atoms with Gasteiger partial charge in [-0.15, -0.1) is 0 Å². The van der Waals surface area contributed by atoms with Crippen molar-refractivity contribution in [1.29, 1.82) is 0 Å². The third-order valence-electron chi connectivity index (χ3n) is 7.13. The van der Waals surface area contributed by atoms with Crippen molar-refractivity contribution >= 4 is 17.7 Å². The Morgan fingerprint density at radius 2 is 1.60 bits per heavy atom. The largest absolute Gasteiger partial charge is 0.416 e. The van der Waals surface area contributed by atoms with Gasteiger partial charge >= 0.3 is 6.18 Å². The van der Waals surface area contributed by atoms with Gasteiger partial charge in [-0.05, 0) is 78.7 Å². The van der Waals surface area contributed by atoms with E-state index < -0.39 is 103 Å². The van der Waals surface area contributed by atoms with E-state index in [4.69, 9.17) is 16.4 Å². The number of hydrogen-bond donors (Lipinski definition) is 0. The van der Waals surface area contributed by atoms with Gasteiger partial charge in [-0.1, -0.05) is 74.1 Å². The standard InChI is InChI=1S/C36H38F4N4O2S/c1-3-42(4-2)20-21-43(22-25-8-12-27(13-9-25)28-14-16-29(17-15-28)36(38,39)40)33(45)23-44-32-7-5-6-31(32)34(46)41-35(44)47-24-26-10-18-30(37)19-11-26/h8-19H,3-7,20-24H2,1-2H3/i3D2,4D2,10D,11D,18D,19D,20D2,21D2,23D2. The van der Waals surface area contributed by atoms with E-state index in [9.17, 15) is 29.9 Å². The van der Waals surface area contributed by atoms with Crippen LogP contribution in [-0.4, -0.2) is 51.2 Å². The molecule has 0 saturated heterocycles. The molecule has 0 spiro atoms. The molecule has 6 nitrogen and oxygen atoms in total. The first kappa shape index (κ1) is 20.4. The minimum Gasteiger partial charge on any atom is -0.336 e. The quantitative estimate of drug-likeness (QED) is 0.0849. The topological polar surface area (TPSA) is 58.4 Å². The van der Waals surface area contributed by atoms with E-state index in [0.717, 1.165) is 26.0 Å². The van der Waals surface area contributed by atoms with Crippen molar-refractivity contribution in [2.75, 3.05) is 26.0 Å². The van der Waals surface area contributed by atoms with Crippen molar-refractivity contribution in [1.82, 2.24) is 19.4 Å². The van der Waals surface area contributed by atoms with Gasteiger partial charge in [0.15, 0.2) is 5.16 Å². The van der Waals surface area contributed by atoms with Gasteiger partial charge in [0.1, 0.15) is 12.3 Å². The van der Waals surface area contributed by atoms with Crippen molar-refractivity contribution in [3.63, 3.8) is 0 Å². The van der Waals surface area contributed by atoms with Crippen molar-refractivity contribution in [3.05, 3.63) is 117 Å². The lowest BCUT2D eigenvalue weighted by molar-refractivity contribution is -0.137.